The molecule has 0 radical (unpaired) electrons. The van der Waals surface area contributed by atoms with Crippen molar-refractivity contribution in [3.05, 3.63) is 29.6 Å². The third-order valence-electron chi connectivity index (χ3n) is 2.01. The number of rotatable bonds is 3. The first-order valence-corrected chi connectivity index (χ1v) is 4.55. The van der Waals surface area contributed by atoms with Crippen LogP contribution in [0.5, 0.6) is 0 Å². The number of nitrogens with two attached hydrogens (primary N) is 1. The van der Waals surface area contributed by atoms with Crippen molar-refractivity contribution < 1.29 is 0 Å². The van der Waals surface area contributed by atoms with E-state index < -0.39 is 0 Å². The van der Waals surface area contributed by atoms with Gasteiger partial charge in [0.25, 0.3) is 0 Å². The van der Waals surface area contributed by atoms with Crippen LogP contribution in [0.2, 0.25) is 0 Å². The lowest BCUT2D eigenvalue weighted by atomic mass is 10.2. The maximum atomic E-state index is 8.75. The molecular formula is C9H9N7. The molecule has 7 heteroatoms. The highest BCUT2D eigenvalue weighted by Crippen LogP contribution is 2.19. The summed E-state index contributed by atoms with van der Waals surface area (Å²) in [5.41, 5.74) is 7.55. The molecule has 0 spiro atoms. The fourth-order valence-corrected chi connectivity index (χ4v) is 1.21. The number of nitrogen functional groups attached to an aromatic ring is 1. The van der Waals surface area contributed by atoms with Crippen molar-refractivity contribution >= 4 is 11.4 Å². The van der Waals surface area contributed by atoms with Crippen LogP contribution >= 0.6 is 0 Å². The molecule has 1 aromatic carbocycles. The minimum atomic E-state index is 0.398. The Morgan fingerprint density at radius 1 is 1.50 bits per heavy atom. The predicted molar refractivity (Wildman–Crippen MR) is 57.1 cm³/mol. The lowest BCUT2D eigenvalue weighted by molar-refractivity contribution is 0.881. The molecule has 7 nitrogen and oxygen atoms in total. The van der Waals surface area contributed by atoms with Crippen LogP contribution in [0.15, 0.2) is 18.2 Å². The second kappa shape index (κ2) is 4.27. The molecule has 0 unspecified atom stereocenters. The fraction of sp³-hybridized carbons (Fsp3) is 0.111. The number of hydrogen-bond donors (Lipinski definition) is 3. The number of benzene rings is 1. The van der Waals surface area contributed by atoms with Crippen molar-refractivity contribution in [1.82, 2.24) is 20.6 Å². The molecule has 1 aromatic heterocycles. The van der Waals surface area contributed by atoms with E-state index in [2.05, 4.69) is 25.9 Å². The Balaban J connectivity index is 2.12. The van der Waals surface area contributed by atoms with E-state index in [4.69, 9.17) is 11.0 Å². The lowest BCUT2D eigenvalue weighted by Crippen LogP contribution is -2.04. The molecule has 0 saturated carbocycles. The minimum absolute atomic E-state index is 0.398. The summed E-state index contributed by atoms with van der Waals surface area (Å²) in [7, 11) is 0. The van der Waals surface area contributed by atoms with Gasteiger partial charge in [0.2, 0.25) is 0 Å². The molecule has 2 aromatic rings. The van der Waals surface area contributed by atoms with Crippen molar-refractivity contribution in [3.8, 4) is 6.07 Å². The summed E-state index contributed by atoms with van der Waals surface area (Å²) < 4.78 is 0. The molecule has 1 heterocycles. The van der Waals surface area contributed by atoms with E-state index in [9.17, 15) is 0 Å². The van der Waals surface area contributed by atoms with Gasteiger partial charge in [0.05, 0.1) is 29.6 Å². The minimum Gasteiger partial charge on any atom is -0.397 e. The second-order valence-corrected chi connectivity index (χ2v) is 3.10. The summed E-state index contributed by atoms with van der Waals surface area (Å²) in [5.74, 6) is 0.529. The topological polar surface area (TPSA) is 116 Å². The van der Waals surface area contributed by atoms with Crippen LogP contribution in [0.4, 0.5) is 11.4 Å². The van der Waals surface area contributed by atoms with Crippen LogP contribution in [0, 0.1) is 11.3 Å². The van der Waals surface area contributed by atoms with Gasteiger partial charge in [0.1, 0.15) is 0 Å². The van der Waals surface area contributed by atoms with Crippen LogP contribution in [-0.2, 0) is 6.54 Å². The zero-order valence-electron chi connectivity index (χ0n) is 8.31. The van der Waals surface area contributed by atoms with E-state index in [-0.39, 0.29) is 0 Å². The Morgan fingerprint density at radius 2 is 2.38 bits per heavy atom. The highest BCUT2D eigenvalue weighted by molar-refractivity contribution is 5.68. The monoisotopic (exact) mass is 215 g/mol. The number of tetrazole rings is 1. The van der Waals surface area contributed by atoms with E-state index in [1.165, 1.54) is 0 Å². The Labute approximate surface area is 91.3 Å². The van der Waals surface area contributed by atoms with Gasteiger partial charge in [-0.25, -0.2) is 0 Å². The van der Waals surface area contributed by atoms with Gasteiger partial charge < -0.3 is 11.1 Å². The van der Waals surface area contributed by atoms with Crippen molar-refractivity contribution in [1.29, 1.82) is 5.26 Å². The van der Waals surface area contributed by atoms with Crippen molar-refractivity contribution in [2.75, 3.05) is 11.1 Å². The highest BCUT2D eigenvalue weighted by atomic mass is 15.5. The average molecular weight is 215 g/mol. The van der Waals surface area contributed by atoms with E-state index in [0.29, 0.717) is 29.3 Å². The number of aromatic amines is 1. The van der Waals surface area contributed by atoms with Crippen molar-refractivity contribution in [2.45, 2.75) is 6.54 Å². The first kappa shape index (κ1) is 9.92. The van der Waals surface area contributed by atoms with Gasteiger partial charge >= 0.3 is 0 Å². The smallest absolute Gasteiger partial charge is 0.193 e. The van der Waals surface area contributed by atoms with Crippen LogP contribution in [-0.4, -0.2) is 20.6 Å². The Kier molecular flexibility index (Phi) is 2.65. The second-order valence-electron chi connectivity index (χ2n) is 3.10. The number of nitrogens with one attached hydrogen (secondary N) is 2. The zero-order valence-corrected chi connectivity index (χ0v) is 8.31. The molecule has 0 fully saturated rings. The number of nitrogens with zero attached hydrogens (tertiary/aromatic N) is 4. The first-order chi connectivity index (χ1) is 7.79. The molecule has 0 atom stereocenters. The van der Waals surface area contributed by atoms with Gasteiger partial charge in [0, 0.05) is 0 Å². The molecule has 0 aliphatic rings. The first-order valence-electron chi connectivity index (χ1n) is 4.55. The molecule has 0 saturated heterocycles. The van der Waals surface area contributed by atoms with Gasteiger partial charge in [-0.2, -0.15) is 10.5 Å². The zero-order chi connectivity index (χ0) is 11.4. The van der Waals surface area contributed by atoms with Crippen LogP contribution in [0.25, 0.3) is 0 Å². The maximum absolute atomic E-state index is 8.75. The number of H-pyrrole nitrogens is 1. The van der Waals surface area contributed by atoms with Gasteiger partial charge in [-0.15, -0.1) is 10.2 Å². The number of hydrogen-bond acceptors (Lipinski definition) is 6. The van der Waals surface area contributed by atoms with E-state index in [1.807, 2.05) is 6.07 Å². The van der Waals surface area contributed by atoms with Gasteiger partial charge in [-0.3, -0.25) is 0 Å². The largest absolute Gasteiger partial charge is 0.397 e. The normalized spacial score (nSPS) is 9.69. The highest BCUT2D eigenvalue weighted by Gasteiger charge is 2.02. The van der Waals surface area contributed by atoms with Crippen molar-refractivity contribution in [3.63, 3.8) is 0 Å². The average Bonchev–Trinajstić information content (AvgIpc) is 2.81. The summed E-state index contributed by atoms with van der Waals surface area (Å²) in [6.45, 7) is 0.398. The molecule has 0 bridgehead atoms. The van der Waals surface area contributed by atoms with Crippen LogP contribution in [0.1, 0.15) is 11.4 Å². The molecule has 4 N–H and O–H groups in total. The molecule has 16 heavy (non-hydrogen) atoms. The van der Waals surface area contributed by atoms with Crippen LogP contribution < -0.4 is 11.1 Å². The fourth-order valence-electron chi connectivity index (χ4n) is 1.21. The third-order valence-corrected chi connectivity index (χ3v) is 2.01. The Bertz CT molecular complexity index is 511. The molecule has 2 rings (SSSR count). The maximum Gasteiger partial charge on any atom is 0.193 e. The molecule has 80 valence electrons. The van der Waals surface area contributed by atoms with Crippen molar-refractivity contribution in [2.24, 2.45) is 0 Å². The Hall–Kier alpha value is -2.62. The lowest BCUT2D eigenvalue weighted by Gasteiger charge is -2.07. The standard InChI is InChI=1S/C9H9N7/c10-4-6-1-2-7(11)8(3-6)12-5-9-13-15-16-14-9/h1-3,12H,5,11H2,(H,13,14,15,16). The van der Waals surface area contributed by atoms with Gasteiger partial charge in [-0.05, 0) is 18.2 Å². The SMILES string of the molecule is N#Cc1ccc(N)c(NCc2nn[nH]n2)c1. The number of nitriles is 1. The molecule has 0 aliphatic heterocycles. The molecule has 0 aliphatic carbocycles. The van der Waals surface area contributed by atoms with E-state index in [1.54, 1.807) is 18.2 Å². The molecular weight excluding hydrogens is 206 g/mol. The summed E-state index contributed by atoms with van der Waals surface area (Å²) >= 11 is 0. The third kappa shape index (κ3) is 2.06. The summed E-state index contributed by atoms with van der Waals surface area (Å²) in [6, 6.07) is 7.06. The van der Waals surface area contributed by atoms with Crippen LogP contribution in [0.3, 0.4) is 0 Å². The summed E-state index contributed by atoms with van der Waals surface area (Å²) in [4.78, 5) is 0. The van der Waals surface area contributed by atoms with E-state index in [0.717, 1.165) is 0 Å². The number of anilines is 2. The Morgan fingerprint density at radius 3 is 3.06 bits per heavy atom. The quantitative estimate of drug-likeness (QED) is 0.632. The summed E-state index contributed by atoms with van der Waals surface area (Å²) in [5, 5.41) is 25.1. The van der Waals surface area contributed by atoms with Gasteiger partial charge in [-0.1, -0.05) is 5.21 Å². The van der Waals surface area contributed by atoms with Gasteiger partial charge in [0.15, 0.2) is 5.82 Å². The summed E-state index contributed by atoms with van der Waals surface area (Å²) in [6.07, 6.45) is 0. The van der Waals surface area contributed by atoms with E-state index >= 15 is 0 Å². The number of aromatic nitrogens is 4. The molecule has 0 amide bonds. The predicted octanol–water partition coefficient (Wildman–Crippen LogP) is 0.266.